The maximum absolute atomic E-state index is 10.2. The molecule has 0 spiro atoms. The summed E-state index contributed by atoms with van der Waals surface area (Å²) in [6.07, 6.45) is -1.46. The van der Waals surface area contributed by atoms with E-state index in [0.717, 1.165) is 5.56 Å². The van der Waals surface area contributed by atoms with Gasteiger partial charge < -0.3 is 15.5 Å². The van der Waals surface area contributed by atoms with Gasteiger partial charge in [0, 0.05) is 19.0 Å². The summed E-state index contributed by atoms with van der Waals surface area (Å²) in [7, 11) is 0. The van der Waals surface area contributed by atoms with Gasteiger partial charge in [-0.3, -0.25) is 5.32 Å². The lowest BCUT2D eigenvalue weighted by atomic mass is 10.1. The summed E-state index contributed by atoms with van der Waals surface area (Å²) < 4.78 is 0. The Balaban J connectivity index is 2.31. The standard InChI is InChI=1S/C12H18N2O3/c1-9(10-5-3-2-4-6-10)14-11(15)7-8-13-12(16)17/h2-6,9,11,13-15H,7-8H2,1H3,(H,16,17). The van der Waals surface area contributed by atoms with Gasteiger partial charge in [0.2, 0.25) is 0 Å². The zero-order valence-electron chi connectivity index (χ0n) is 9.76. The van der Waals surface area contributed by atoms with Crippen LogP contribution in [-0.4, -0.2) is 29.1 Å². The zero-order valence-corrected chi connectivity index (χ0v) is 9.76. The molecule has 4 N–H and O–H groups in total. The third kappa shape index (κ3) is 5.33. The van der Waals surface area contributed by atoms with Crippen LogP contribution in [0, 0.1) is 0 Å². The van der Waals surface area contributed by atoms with E-state index in [1.165, 1.54) is 0 Å². The molecule has 1 aromatic carbocycles. The number of hydrogen-bond acceptors (Lipinski definition) is 3. The van der Waals surface area contributed by atoms with E-state index in [2.05, 4.69) is 10.6 Å². The Morgan fingerprint density at radius 1 is 1.35 bits per heavy atom. The van der Waals surface area contributed by atoms with Crippen molar-refractivity contribution in [3.8, 4) is 0 Å². The van der Waals surface area contributed by atoms with Crippen molar-refractivity contribution in [3.63, 3.8) is 0 Å². The lowest BCUT2D eigenvalue weighted by Crippen LogP contribution is -2.35. The fourth-order valence-corrected chi connectivity index (χ4v) is 1.53. The average molecular weight is 238 g/mol. The predicted octanol–water partition coefficient (Wildman–Crippen LogP) is 1.31. The lowest BCUT2D eigenvalue weighted by molar-refractivity contribution is 0.115. The van der Waals surface area contributed by atoms with Crippen LogP contribution >= 0.6 is 0 Å². The SMILES string of the molecule is CC(NC(O)CCNC(=O)O)c1ccccc1. The van der Waals surface area contributed by atoms with Gasteiger partial charge in [-0.25, -0.2) is 4.79 Å². The fourth-order valence-electron chi connectivity index (χ4n) is 1.53. The molecule has 17 heavy (non-hydrogen) atoms. The molecule has 1 aromatic rings. The molecule has 0 saturated heterocycles. The van der Waals surface area contributed by atoms with Crippen molar-refractivity contribution in [1.82, 2.24) is 10.6 Å². The summed E-state index contributed by atoms with van der Waals surface area (Å²) in [5.41, 5.74) is 1.08. The predicted molar refractivity (Wildman–Crippen MR) is 64.6 cm³/mol. The first-order valence-corrected chi connectivity index (χ1v) is 5.55. The molecule has 0 aliphatic rings. The third-order valence-electron chi connectivity index (χ3n) is 2.44. The van der Waals surface area contributed by atoms with Crippen molar-refractivity contribution in [2.24, 2.45) is 0 Å². The summed E-state index contributed by atoms with van der Waals surface area (Å²) >= 11 is 0. The van der Waals surface area contributed by atoms with Crippen molar-refractivity contribution in [3.05, 3.63) is 35.9 Å². The minimum absolute atomic E-state index is 0.0241. The molecule has 5 heteroatoms. The van der Waals surface area contributed by atoms with E-state index in [1.54, 1.807) is 0 Å². The second kappa shape index (κ2) is 6.88. The molecule has 0 aromatic heterocycles. The highest BCUT2D eigenvalue weighted by Crippen LogP contribution is 2.11. The van der Waals surface area contributed by atoms with Gasteiger partial charge in [-0.05, 0) is 12.5 Å². The van der Waals surface area contributed by atoms with Crippen LogP contribution in [0.2, 0.25) is 0 Å². The van der Waals surface area contributed by atoms with E-state index >= 15 is 0 Å². The Bertz CT molecular complexity index is 343. The van der Waals surface area contributed by atoms with Crippen LogP contribution in [0.1, 0.15) is 24.9 Å². The van der Waals surface area contributed by atoms with Crippen molar-refractivity contribution < 1.29 is 15.0 Å². The second-order valence-corrected chi connectivity index (χ2v) is 3.84. The summed E-state index contributed by atoms with van der Waals surface area (Å²) in [5, 5.41) is 23.2. The molecule has 0 fully saturated rings. The van der Waals surface area contributed by atoms with Crippen molar-refractivity contribution in [1.29, 1.82) is 0 Å². The first-order valence-electron chi connectivity index (χ1n) is 5.55. The summed E-state index contributed by atoms with van der Waals surface area (Å²) in [6.45, 7) is 2.17. The van der Waals surface area contributed by atoms with Gasteiger partial charge in [-0.15, -0.1) is 0 Å². The van der Waals surface area contributed by atoms with Gasteiger partial charge in [-0.2, -0.15) is 0 Å². The van der Waals surface area contributed by atoms with Crippen LogP contribution in [0.3, 0.4) is 0 Å². The number of carbonyl (C=O) groups is 1. The minimum atomic E-state index is -1.08. The largest absolute Gasteiger partial charge is 0.465 e. The number of hydrogen-bond donors (Lipinski definition) is 4. The van der Waals surface area contributed by atoms with E-state index in [-0.39, 0.29) is 12.6 Å². The molecule has 2 unspecified atom stereocenters. The highest BCUT2D eigenvalue weighted by atomic mass is 16.4. The van der Waals surface area contributed by atoms with E-state index in [4.69, 9.17) is 5.11 Å². The van der Waals surface area contributed by atoms with Gasteiger partial charge in [0.05, 0.1) is 0 Å². The number of nitrogens with one attached hydrogen (secondary N) is 2. The number of benzene rings is 1. The molecular formula is C12H18N2O3. The van der Waals surface area contributed by atoms with Crippen LogP contribution in [0.5, 0.6) is 0 Å². The molecule has 1 amide bonds. The average Bonchev–Trinajstić information content (AvgIpc) is 2.29. The van der Waals surface area contributed by atoms with E-state index in [1.807, 2.05) is 37.3 Å². The second-order valence-electron chi connectivity index (χ2n) is 3.84. The van der Waals surface area contributed by atoms with Crippen molar-refractivity contribution >= 4 is 6.09 Å². The summed E-state index contributed by atoms with van der Waals surface area (Å²) in [5.74, 6) is 0. The molecular weight excluding hydrogens is 220 g/mol. The monoisotopic (exact) mass is 238 g/mol. The quantitative estimate of drug-likeness (QED) is 0.563. The van der Waals surface area contributed by atoms with Gasteiger partial charge in [0.1, 0.15) is 6.23 Å². The molecule has 0 heterocycles. The Morgan fingerprint density at radius 2 is 2.00 bits per heavy atom. The molecule has 94 valence electrons. The number of aliphatic hydroxyl groups is 1. The number of amides is 1. The molecule has 0 aliphatic carbocycles. The first kappa shape index (κ1) is 13.5. The van der Waals surface area contributed by atoms with Gasteiger partial charge in [0.15, 0.2) is 0 Å². The van der Waals surface area contributed by atoms with Gasteiger partial charge >= 0.3 is 6.09 Å². The fraction of sp³-hybridized carbons (Fsp3) is 0.417. The zero-order chi connectivity index (χ0) is 12.7. The minimum Gasteiger partial charge on any atom is -0.465 e. The van der Waals surface area contributed by atoms with Crippen molar-refractivity contribution in [2.45, 2.75) is 25.6 Å². The van der Waals surface area contributed by atoms with Crippen LogP contribution in [0.25, 0.3) is 0 Å². The molecule has 0 aliphatic heterocycles. The number of rotatable bonds is 6. The highest BCUT2D eigenvalue weighted by Gasteiger charge is 2.10. The maximum Gasteiger partial charge on any atom is 0.404 e. The van der Waals surface area contributed by atoms with E-state index in [9.17, 15) is 9.90 Å². The topological polar surface area (TPSA) is 81.6 Å². The Labute approximate surface area is 100 Å². The summed E-state index contributed by atoms with van der Waals surface area (Å²) in [4.78, 5) is 10.2. The Morgan fingerprint density at radius 3 is 2.59 bits per heavy atom. The van der Waals surface area contributed by atoms with Crippen LogP contribution in [0.4, 0.5) is 4.79 Å². The molecule has 1 rings (SSSR count). The Hall–Kier alpha value is -1.59. The Kier molecular flexibility index (Phi) is 5.45. The molecule has 0 saturated carbocycles. The van der Waals surface area contributed by atoms with E-state index in [0.29, 0.717) is 6.42 Å². The lowest BCUT2D eigenvalue weighted by Gasteiger charge is -2.19. The van der Waals surface area contributed by atoms with Crippen LogP contribution < -0.4 is 10.6 Å². The molecule has 0 radical (unpaired) electrons. The normalized spacial score (nSPS) is 14.0. The highest BCUT2D eigenvalue weighted by molar-refractivity contribution is 5.64. The summed E-state index contributed by atoms with van der Waals surface area (Å²) in [6, 6.07) is 9.78. The smallest absolute Gasteiger partial charge is 0.404 e. The number of carboxylic acid groups (broad SMARTS) is 1. The van der Waals surface area contributed by atoms with Gasteiger partial charge in [-0.1, -0.05) is 30.3 Å². The molecule has 5 nitrogen and oxygen atoms in total. The number of aliphatic hydroxyl groups excluding tert-OH is 1. The maximum atomic E-state index is 10.2. The van der Waals surface area contributed by atoms with Crippen LogP contribution in [0.15, 0.2) is 30.3 Å². The molecule has 2 atom stereocenters. The molecule has 0 bridgehead atoms. The van der Waals surface area contributed by atoms with Gasteiger partial charge in [0.25, 0.3) is 0 Å². The van der Waals surface area contributed by atoms with Crippen molar-refractivity contribution in [2.75, 3.05) is 6.54 Å². The van der Waals surface area contributed by atoms with E-state index < -0.39 is 12.3 Å². The first-order chi connectivity index (χ1) is 8.09. The third-order valence-corrected chi connectivity index (χ3v) is 2.44. The van der Waals surface area contributed by atoms with Crippen LogP contribution in [-0.2, 0) is 0 Å².